The summed E-state index contributed by atoms with van der Waals surface area (Å²) in [5.41, 5.74) is 2.49. The molecule has 2 heteroatoms. The van der Waals surface area contributed by atoms with E-state index < -0.39 is 0 Å². The quantitative estimate of drug-likeness (QED) is 0.729. The van der Waals surface area contributed by atoms with Crippen molar-refractivity contribution in [1.82, 2.24) is 4.90 Å². The van der Waals surface area contributed by atoms with Gasteiger partial charge in [0.1, 0.15) is 5.75 Å². The maximum atomic E-state index is 9.75. The van der Waals surface area contributed by atoms with E-state index in [1.165, 1.54) is 24.9 Å². The zero-order chi connectivity index (χ0) is 9.54. The van der Waals surface area contributed by atoms with E-state index in [2.05, 4.69) is 11.0 Å². The first kappa shape index (κ1) is 8.30. The number of rotatable bonds is 1. The molecule has 1 aromatic rings. The Morgan fingerprint density at radius 1 is 1.29 bits per heavy atom. The molecular formula is C12H15NO. The van der Waals surface area contributed by atoms with Crippen LogP contribution in [0.3, 0.4) is 0 Å². The molecule has 1 N–H and O–H groups in total. The normalized spacial score (nSPS) is 22.0. The highest BCUT2D eigenvalue weighted by molar-refractivity contribution is 5.40. The first-order chi connectivity index (χ1) is 6.84. The number of aromatic hydroxyl groups is 1. The average Bonchev–Trinajstić information content (AvgIpc) is 3.01. The Morgan fingerprint density at radius 2 is 2.14 bits per heavy atom. The highest BCUT2D eigenvalue weighted by atomic mass is 16.3. The molecule has 1 aromatic carbocycles. The van der Waals surface area contributed by atoms with Crippen molar-refractivity contribution < 1.29 is 5.11 Å². The maximum absolute atomic E-state index is 9.75. The molecule has 1 aliphatic carbocycles. The second-order valence-electron chi connectivity index (χ2n) is 4.37. The summed E-state index contributed by atoms with van der Waals surface area (Å²) < 4.78 is 0. The fourth-order valence-corrected chi connectivity index (χ4v) is 2.34. The minimum atomic E-state index is 0.479. The lowest BCUT2D eigenvalue weighted by molar-refractivity contribution is 0.239. The second-order valence-corrected chi connectivity index (χ2v) is 4.37. The van der Waals surface area contributed by atoms with Gasteiger partial charge >= 0.3 is 0 Å². The highest BCUT2D eigenvalue weighted by Gasteiger charge is 2.31. The van der Waals surface area contributed by atoms with Crippen LogP contribution < -0.4 is 0 Å². The molecule has 1 saturated carbocycles. The molecular weight excluding hydrogens is 174 g/mol. The topological polar surface area (TPSA) is 23.5 Å². The van der Waals surface area contributed by atoms with Gasteiger partial charge in [-0.05, 0) is 30.9 Å². The van der Waals surface area contributed by atoms with Crippen molar-refractivity contribution in [3.05, 3.63) is 29.3 Å². The van der Waals surface area contributed by atoms with Gasteiger partial charge in [0.05, 0.1) is 0 Å². The van der Waals surface area contributed by atoms with Crippen molar-refractivity contribution >= 4 is 0 Å². The summed E-state index contributed by atoms with van der Waals surface area (Å²) in [5.74, 6) is 0.479. The van der Waals surface area contributed by atoms with Crippen molar-refractivity contribution in [1.29, 1.82) is 0 Å². The maximum Gasteiger partial charge on any atom is 0.120 e. The Kier molecular flexibility index (Phi) is 1.77. The predicted molar refractivity (Wildman–Crippen MR) is 55.2 cm³/mol. The van der Waals surface area contributed by atoms with Gasteiger partial charge in [-0.2, -0.15) is 0 Å². The number of phenolic OH excluding ortho intramolecular Hbond substituents is 1. The summed E-state index contributed by atoms with van der Waals surface area (Å²) in [5, 5.41) is 9.75. The van der Waals surface area contributed by atoms with Gasteiger partial charge in [0.15, 0.2) is 0 Å². The number of benzene rings is 1. The molecule has 0 atom stereocenters. The molecule has 0 radical (unpaired) electrons. The van der Waals surface area contributed by atoms with Crippen LogP contribution in [0, 0.1) is 0 Å². The molecule has 0 aromatic heterocycles. The Morgan fingerprint density at radius 3 is 2.93 bits per heavy atom. The zero-order valence-corrected chi connectivity index (χ0v) is 8.24. The third-order valence-electron chi connectivity index (χ3n) is 3.34. The van der Waals surface area contributed by atoms with E-state index in [-0.39, 0.29) is 0 Å². The molecule has 0 bridgehead atoms. The van der Waals surface area contributed by atoms with Gasteiger partial charge < -0.3 is 5.11 Å². The van der Waals surface area contributed by atoms with Crippen LogP contribution in [0.15, 0.2) is 18.2 Å². The average molecular weight is 189 g/mol. The number of fused-ring (bicyclic) bond motifs is 1. The number of phenols is 1. The lowest BCUT2D eigenvalue weighted by Crippen LogP contribution is -2.32. The smallest absolute Gasteiger partial charge is 0.120 e. The van der Waals surface area contributed by atoms with E-state index in [1.807, 2.05) is 6.07 Å². The van der Waals surface area contributed by atoms with Crippen LogP contribution in [0.1, 0.15) is 24.0 Å². The highest BCUT2D eigenvalue weighted by Crippen LogP contribution is 2.34. The molecule has 3 rings (SSSR count). The molecule has 0 amide bonds. The third kappa shape index (κ3) is 1.30. The molecule has 74 valence electrons. The largest absolute Gasteiger partial charge is 0.508 e. The van der Waals surface area contributed by atoms with Gasteiger partial charge in [0.25, 0.3) is 0 Å². The van der Waals surface area contributed by atoms with Crippen LogP contribution in [-0.4, -0.2) is 22.6 Å². The molecule has 2 aliphatic rings. The Labute approximate surface area is 84.2 Å². The number of hydrogen-bond acceptors (Lipinski definition) is 2. The van der Waals surface area contributed by atoms with Crippen LogP contribution in [0.5, 0.6) is 5.75 Å². The van der Waals surface area contributed by atoms with E-state index in [4.69, 9.17) is 0 Å². The standard InChI is InChI=1S/C12H15NO/c14-12-3-1-2-9-6-7-13(8-11(9)12)10-4-5-10/h1-3,10,14H,4-8H2. The minimum absolute atomic E-state index is 0.479. The summed E-state index contributed by atoms with van der Waals surface area (Å²) in [6.07, 6.45) is 3.80. The molecule has 0 unspecified atom stereocenters. The summed E-state index contributed by atoms with van der Waals surface area (Å²) in [6, 6.07) is 6.69. The van der Waals surface area contributed by atoms with Gasteiger partial charge in [-0.15, -0.1) is 0 Å². The molecule has 2 nitrogen and oxygen atoms in total. The summed E-state index contributed by atoms with van der Waals surface area (Å²) in [7, 11) is 0. The van der Waals surface area contributed by atoms with E-state index in [9.17, 15) is 5.11 Å². The van der Waals surface area contributed by atoms with Crippen molar-refractivity contribution in [2.24, 2.45) is 0 Å². The van der Waals surface area contributed by atoms with Gasteiger partial charge in [-0.3, -0.25) is 4.90 Å². The van der Waals surface area contributed by atoms with Crippen molar-refractivity contribution in [2.45, 2.75) is 31.8 Å². The first-order valence-electron chi connectivity index (χ1n) is 5.38. The summed E-state index contributed by atoms with van der Waals surface area (Å²) >= 11 is 0. The van der Waals surface area contributed by atoms with Crippen molar-refractivity contribution in [3.63, 3.8) is 0 Å². The second kappa shape index (κ2) is 2.99. The molecule has 0 saturated heterocycles. The SMILES string of the molecule is Oc1cccc2c1CN(C1CC1)CC2. The minimum Gasteiger partial charge on any atom is -0.508 e. The zero-order valence-electron chi connectivity index (χ0n) is 8.24. The number of nitrogens with zero attached hydrogens (tertiary/aromatic N) is 1. The van der Waals surface area contributed by atoms with E-state index in [1.54, 1.807) is 6.07 Å². The summed E-state index contributed by atoms with van der Waals surface area (Å²) in [6.45, 7) is 2.12. The fourth-order valence-electron chi connectivity index (χ4n) is 2.34. The van der Waals surface area contributed by atoms with E-state index in [0.29, 0.717) is 5.75 Å². The van der Waals surface area contributed by atoms with Crippen molar-refractivity contribution in [2.75, 3.05) is 6.54 Å². The van der Waals surface area contributed by atoms with Gasteiger partial charge in [-0.1, -0.05) is 12.1 Å². The van der Waals surface area contributed by atoms with Crippen molar-refractivity contribution in [3.8, 4) is 5.75 Å². The number of hydrogen-bond donors (Lipinski definition) is 1. The summed E-state index contributed by atoms with van der Waals surface area (Å²) in [4.78, 5) is 2.50. The van der Waals surface area contributed by atoms with Crippen LogP contribution >= 0.6 is 0 Å². The molecule has 14 heavy (non-hydrogen) atoms. The van der Waals surface area contributed by atoms with Gasteiger partial charge in [0, 0.05) is 24.7 Å². The predicted octanol–water partition coefficient (Wildman–Crippen LogP) is 1.91. The third-order valence-corrected chi connectivity index (χ3v) is 3.34. The van der Waals surface area contributed by atoms with Gasteiger partial charge in [-0.25, -0.2) is 0 Å². The van der Waals surface area contributed by atoms with Crippen LogP contribution in [0.4, 0.5) is 0 Å². The fraction of sp³-hybridized carbons (Fsp3) is 0.500. The first-order valence-corrected chi connectivity index (χ1v) is 5.38. The molecule has 1 fully saturated rings. The Balaban J connectivity index is 1.91. The molecule has 1 aliphatic heterocycles. The van der Waals surface area contributed by atoms with E-state index >= 15 is 0 Å². The molecule has 1 heterocycles. The van der Waals surface area contributed by atoms with Gasteiger partial charge in [0.2, 0.25) is 0 Å². The Bertz CT molecular complexity index is 357. The Hall–Kier alpha value is -1.02. The lowest BCUT2D eigenvalue weighted by atomic mass is 9.99. The molecule has 0 spiro atoms. The van der Waals surface area contributed by atoms with Crippen LogP contribution in [-0.2, 0) is 13.0 Å². The van der Waals surface area contributed by atoms with E-state index in [0.717, 1.165) is 24.6 Å². The van der Waals surface area contributed by atoms with Crippen LogP contribution in [0.2, 0.25) is 0 Å². The monoisotopic (exact) mass is 189 g/mol. The lowest BCUT2D eigenvalue weighted by Gasteiger charge is -2.29. The van der Waals surface area contributed by atoms with Crippen LogP contribution in [0.25, 0.3) is 0 Å².